The molecule has 92 valence electrons. The van der Waals surface area contributed by atoms with Gasteiger partial charge in [0.2, 0.25) is 0 Å². The Balaban J connectivity index is 0.00000225. The minimum atomic E-state index is -0.353. The second-order valence-corrected chi connectivity index (χ2v) is 4.10. The van der Waals surface area contributed by atoms with E-state index in [0.29, 0.717) is 5.92 Å². The lowest BCUT2D eigenvalue weighted by molar-refractivity contribution is 0.373. The second-order valence-electron chi connectivity index (χ2n) is 4.10. The highest BCUT2D eigenvalue weighted by Gasteiger charge is 2.15. The molecule has 1 rings (SSSR count). The summed E-state index contributed by atoms with van der Waals surface area (Å²) in [6.45, 7) is 4.18. The van der Waals surface area contributed by atoms with Crippen molar-refractivity contribution < 1.29 is 9.13 Å². The second kappa shape index (κ2) is 6.71. The van der Waals surface area contributed by atoms with Crippen LogP contribution in [-0.4, -0.2) is 7.11 Å². The van der Waals surface area contributed by atoms with Gasteiger partial charge >= 0.3 is 0 Å². The topological polar surface area (TPSA) is 35.2 Å². The summed E-state index contributed by atoms with van der Waals surface area (Å²) in [5, 5.41) is 0. The van der Waals surface area contributed by atoms with E-state index in [2.05, 4.69) is 13.8 Å². The molecule has 4 heteroatoms. The fraction of sp³-hybridized carbons (Fsp3) is 0.500. The van der Waals surface area contributed by atoms with Gasteiger partial charge < -0.3 is 10.5 Å². The van der Waals surface area contributed by atoms with Crippen molar-refractivity contribution >= 4 is 12.4 Å². The van der Waals surface area contributed by atoms with E-state index >= 15 is 0 Å². The van der Waals surface area contributed by atoms with Crippen LogP contribution in [0, 0.1) is 11.7 Å². The molecule has 0 aliphatic carbocycles. The smallest absolute Gasteiger partial charge is 0.165 e. The van der Waals surface area contributed by atoms with Gasteiger partial charge in [-0.3, -0.25) is 0 Å². The van der Waals surface area contributed by atoms with Crippen LogP contribution in [0.1, 0.15) is 31.9 Å². The maximum absolute atomic E-state index is 13.4. The number of ether oxygens (including phenoxy) is 1. The molecule has 1 aromatic rings. The summed E-state index contributed by atoms with van der Waals surface area (Å²) in [5.41, 5.74) is 6.74. The van der Waals surface area contributed by atoms with E-state index < -0.39 is 0 Å². The number of para-hydroxylation sites is 1. The minimum absolute atomic E-state index is 0. The Bertz CT molecular complexity index is 331. The van der Waals surface area contributed by atoms with Crippen LogP contribution in [0.3, 0.4) is 0 Å². The molecule has 0 bridgehead atoms. The highest BCUT2D eigenvalue weighted by Crippen LogP contribution is 2.29. The zero-order valence-electron chi connectivity index (χ0n) is 9.87. The van der Waals surface area contributed by atoms with Crippen molar-refractivity contribution in [1.29, 1.82) is 0 Å². The zero-order chi connectivity index (χ0) is 11.4. The van der Waals surface area contributed by atoms with E-state index in [1.165, 1.54) is 13.2 Å². The zero-order valence-corrected chi connectivity index (χ0v) is 10.7. The van der Waals surface area contributed by atoms with Gasteiger partial charge in [0.1, 0.15) is 0 Å². The lowest BCUT2D eigenvalue weighted by atomic mass is 9.97. The number of halogens is 2. The van der Waals surface area contributed by atoms with Crippen molar-refractivity contribution in [1.82, 2.24) is 0 Å². The molecule has 0 amide bonds. The molecule has 0 fully saturated rings. The van der Waals surface area contributed by atoms with Crippen LogP contribution in [0.2, 0.25) is 0 Å². The highest BCUT2D eigenvalue weighted by atomic mass is 35.5. The standard InChI is InChI=1S/C12H18FNO.ClH/c1-8(2)7-11(14)9-5-4-6-10(13)12(9)15-3;/h4-6,8,11H,7,14H2,1-3H3;1H/t11-;/m0./s1. The summed E-state index contributed by atoms with van der Waals surface area (Å²) in [4.78, 5) is 0. The molecule has 16 heavy (non-hydrogen) atoms. The van der Waals surface area contributed by atoms with E-state index in [9.17, 15) is 4.39 Å². The van der Waals surface area contributed by atoms with Crippen LogP contribution in [0.15, 0.2) is 18.2 Å². The van der Waals surface area contributed by atoms with Crippen LogP contribution < -0.4 is 10.5 Å². The van der Waals surface area contributed by atoms with Gasteiger partial charge in [-0.1, -0.05) is 26.0 Å². The van der Waals surface area contributed by atoms with Crippen molar-refractivity contribution in [2.75, 3.05) is 7.11 Å². The molecule has 0 saturated heterocycles. The first-order valence-electron chi connectivity index (χ1n) is 5.14. The first-order valence-corrected chi connectivity index (χ1v) is 5.14. The number of rotatable bonds is 4. The first kappa shape index (κ1) is 15.2. The van der Waals surface area contributed by atoms with E-state index in [0.717, 1.165) is 12.0 Å². The third-order valence-corrected chi connectivity index (χ3v) is 2.33. The van der Waals surface area contributed by atoms with Gasteiger partial charge in [0, 0.05) is 11.6 Å². The number of nitrogens with two attached hydrogens (primary N) is 1. The average molecular weight is 248 g/mol. The quantitative estimate of drug-likeness (QED) is 0.886. The molecule has 0 heterocycles. The predicted molar refractivity (Wildman–Crippen MR) is 66.6 cm³/mol. The van der Waals surface area contributed by atoms with E-state index in [1.807, 2.05) is 6.07 Å². The van der Waals surface area contributed by atoms with Gasteiger partial charge in [-0.2, -0.15) is 0 Å². The van der Waals surface area contributed by atoms with Gasteiger partial charge in [-0.05, 0) is 18.4 Å². The molecule has 1 aromatic carbocycles. The van der Waals surface area contributed by atoms with Crippen molar-refractivity contribution in [3.8, 4) is 5.75 Å². The van der Waals surface area contributed by atoms with Crippen molar-refractivity contribution in [3.05, 3.63) is 29.6 Å². The summed E-state index contributed by atoms with van der Waals surface area (Å²) in [5.74, 6) is 0.396. The van der Waals surface area contributed by atoms with Gasteiger partial charge in [0.25, 0.3) is 0 Å². The van der Waals surface area contributed by atoms with Gasteiger partial charge in [0.05, 0.1) is 7.11 Å². The molecule has 2 nitrogen and oxygen atoms in total. The molecule has 0 aliphatic rings. The molecule has 0 aliphatic heterocycles. The van der Waals surface area contributed by atoms with Crippen LogP contribution >= 0.6 is 12.4 Å². The van der Waals surface area contributed by atoms with Gasteiger partial charge in [-0.15, -0.1) is 12.4 Å². The van der Waals surface area contributed by atoms with Crippen molar-refractivity contribution in [2.24, 2.45) is 11.7 Å². The number of hydrogen-bond acceptors (Lipinski definition) is 2. The van der Waals surface area contributed by atoms with Crippen LogP contribution in [0.25, 0.3) is 0 Å². The Kier molecular flexibility index (Phi) is 6.38. The van der Waals surface area contributed by atoms with E-state index in [4.69, 9.17) is 10.5 Å². The fourth-order valence-electron chi connectivity index (χ4n) is 1.67. The highest BCUT2D eigenvalue weighted by molar-refractivity contribution is 5.85. The summed E-state index contributed by atoms with van der Waals surface area (Å²) in [6, 6.07) is 4.68. The van der Waals surface area contributed by atoms with E-state index in [-0.39, 0.29) is 30.0 Å². The van der Waals surface area contributed by atoms with Crippen LogP contribution in [0.4, 0.5) is 4.39 Å². The number of benzene rings is 1. The molecule has 0 unspecified atom stereocenters. The summed E-state index contributed by atoms with van der Waals surface area (Å²) >= 11 is 0. The van der Waals surface area contributed by atoms with Gasteiger partial charge in [-0.25, -0.2) is 4.39 Å². The lowest BCUT2D eigenvalue weighted by Crippen LogP contribution is -2.14. The third-order valence-electron chi connectivity index (χ3n) is 2.33. The largest absolute Gasteiger partial charge is 0.493 e. The maximum atomic E-state index is 13.4. The fourth-order valence-corrected chi connectivity index (χ4v) is 1.67. The first-order chi connectivity index (χ1) is 7.06. The van der Waals surface area contributed by atoms with E-state index in [1.54, 1.807) is 6.07 Å². The van der Waals surface area contributed by atoms with Gasteiger partial charge in [0.15, 0.2) is 11.6 Å². The summed E-state index contributed by atoms with van der Waals surface area (Å²) < 4.78 is 18.4. The molecule has 0 spiro atoms. The predicted octanol–water partition coefficient (Wildman–Crippen LogP) is 3.30. The monoisotopic (exact) mass is 247 g/mol. The van der Waals surface area contributed by atoms with Crippen LogP contribution in [0.5, 0.6) is 5.75 Å². The average Bonchev–Trinajstić information content (AvgIpc) is 2.16. The molecule has 1 atom stereocenters. The summed E-state index contributed by atoms with van der Waals surface area (Å²) in [6.07, 6.45) is 0.819. The number of hydrogen-bond donors (Lipinski definition) is 1. The van der Waals surface area contributed by atoms with Crippen LogP contribution in [-0.2, 0) is 0 Å². The Hall–Kier alpha value is -0.800. The maximum Gasteiger partial charge on any atom is 0.165 e. The Labute approximate surface area is 102 Å². The normalized spacial score (nSPS) is 12.1. The summed E-state index contributed by atoms with van der Waals surface area (Å²) in [7, 11) is 1.46. The van der Waals surface area contributed by atoms with Crippen molar-refractivity contribution in [3.63, 3.8) is 0 Å². The molecule has 2 N–H and O–H groups in total. The Morgan fingerprint density at radius 3 is 2.50 bits per heavy atom. The molecule has 0 aromatic heterocycles. The molecular weight excluding hydrogens is 229 g/mol. The molecule has 0 radical (unpaired) electrons. The van der Waals surface area contributed by atoms with Crippen molar-refractivity contribution in [2.45, 2.75) is 26.3 Å². The molecular formula is C12H19ClFNO. The molecule has 0 saturated carbocycles. The number of methoxy groups -OCH3 is 1. The Morgan fingerprint density at radius 2 is 2.00 bits per heavy atom. The minimum Gasteiger partial charge on any atom is -0.493 e. The Morgan fingerprint density at radius 1 is 1.38 bits per heavy atom. The lowest BCUT2D eigenvalue weighted by Gasteiger charge is -2.17. The third kappa shape index (κ3) is 3.65. The SMILES string of the molecule is COc1c(F)cccc1[C@@H](N)CC(C)C.Cl.